The lowest BCUT2D eigenvalue weighted by molar-refractivity contribution is -0.116. The van der Waals surface area contributed by atoms with Crippen molar-refractivity contribution >= 4 is 27.5 Å². The van der Waals surface area contributed by atoms with Crippen LogP contribution in [0.1, 0.15) is 37.6 Å². The number of amides is 2. The number of hydrogen-bond donors (Lipinski definition) is 3. The van der Waals surface area contributed by atoms with Crippen molar-refractivity contribution in [1.82, 2.24) is 9.62 Å². The van der Waals surface area contributed by atoms with Gasteiger partial charge in [0.1, 0.15) is 5.75 Å². The molecule has 162 valence electrons. The number of sulfonamides is 1. The summed E-state index contributed by atoms with van der Waals surface area (Å²) in [5.74, 6) is -1.02. The molecule has 9 heteroatoms. The summed E-state index contributed by atoms with van der Waals surface area (Å²) in [7, 11) is -3.73. The molecule has 0 aliphatic rings. The van der Waals surface area contributed by atoms with Gasteiger partial charge in [-0.25, -0.2) is 8.42 Å². The van der Waals surface area contributed by atoms with Crippen LogP contribution in [0.2, 0.25) is 0 Å². The first kappa shape index (κ1) is 23.4. The van der Waals surface area contributed by atoms with Gasteiger partial charge in [-0.15, -0.1) is 0 Å². The largest absolute Gasteiger partial charge is 0.506 e. The molecule has 0 radical (unpaired) electrons. The summed E-state index contributed by atoms with van der Waals surface area (Å²) in [6, 6.07) is 11.9. The normalized spacial score (nSPS) is 12.4. The number of anilines is 1. The number of nitrogens with zero attached hydrogens (tertiary/aromatic N) is 1. The second-order valence-corrected chi connectivity index (χ2v) is 8.70. The van der Waals surface area contributed by atoms with E-state index in [2.05, 4.69) is 10.6 Å². The molecule has 0 bridgehead atoms. The van der Waals surface area contributed by atoms with E-state index in [1.165, 1.54) is 22.5 Å². The SMILES string of the molecule is CCN(CC)S(=O)(=O)c1ccc(O)c(NC(=O)CC(C)NC(=O)c2ccccc2)c1. The first-order chi connectivity index (χ1) is 14.2. The molecule has 8 nitrogen and oxygen atoms in total. The van der Waals surface area contributed by atoms with Gasteiger partial charge < -0.3 is 15.7 Å². The van der Waals surface area contributed by atoms with E-state index >= 15 is 0 Å². The molecule has 2 amide bonds. The predicted octanol–water partition coefficient (Wildman–Crippen LogP) is 2.57. The number of benzene rings is 2. The van der Waals surface area contributed by atoms with E-state index < -0.39 is 22.0 Å². The van der Waals surface area contributed by atoms with E-state index in [9.17, 15) is 23.1 Å². The average Bonchev–Trinajstić information content (AvgIpc) is 2.70. The van der Waals surface area contributed by atoms with Gasteiger partial charge in [0, 0.05) is 31.1 Å². The second-order valence-electron chi connectivity index (χ2n) is 6.76. The maximum atomic E-state index is 12.7. The molecule has 30 heavy (non-hydrogen) atoms. The molecule has 0 saturated heterocycles. The number of carbonyl (C=O) groups excluding carboxylic acids is 2. The summed E-state index contributed by atoms with van der Waals surface area (Å²) in [6.45, 7) is 5.76. The van der Waals surface area contributed by atoms with E-state index in [1.807, 2.05) is 0 Å². The number of carbonyl (C=O) groups is 2. The van der Waals surface area contributed by atoms with Gasteiger partial charge in [-0.1, -0.05) is 32.0 Å². The number of phenolic OH excluding ortho intramolecular Hbond substituents is 1. The van der Waals surface area contributed by atoms with E-state index in [0.717, 1.165) is 0 Å². The number of aromatic hydroxyl groups is 1. The molecule has 0 fully saturated rings. The smallest absolute Gasteiger partial charge is 0.251 e. The van der Waals surface area contributed by atoms with Crippen molar-refractivity contribution in [2.75, 3.05) is 18.4 Å². The third-order valence-electron chi connectivity index (χ3n) is 4.49. The highest BCUT2D eigenvalue weighted by atomic mass is 32.2. The number of phenols is 1. The highest BCUT2D eigenvalue weighted by Crippen LogP contribution is 2.28. The van der Waals surface area contributed by atoms with Gasteiger partial charge in [0.05, 0.1) is 10.6 Å². The summed E-state index contributed by atoms with van der Waals surface area (Å²) in [5, 5.41) is 15.3. The fraction of sp³-hybridized carbons (Fsp3) is 0.333. The molecular formula is C21H27N3O5S. The molecule has 0 aliphatic heterocycles. The molecule has 0 aromatic heterocycles. The summed E-state index contributed by atoms with van der Waals surface area (Å²) >= 11 is 0. The van der Waals surface area contributed by atoms with Gasteiger partial charge in [0.2, 0.25) is 15.9 Å². The molecule has 1 atom stereocenters. The first-order valence-corrected chi connectivity index (χ1v) is 11.1. The van der Waals surface area contributed by atoms with Crippen LogP contribution in [0.4, 0.5) is 5.69 Å². The number of rotatable bonds is 9. The van der Waals surface area contributed by atoms with Crippen molar-refractivity contribution in [3.8, 4) is 5.75 Å². The Bertz CT molecular complexity index is 989. The molecule has 0 saturated carbocycles. The van der Waals surface area contributed by atoms with E-state index in [0.29, 0.717) is 18.7 Å². The lowest BCUT2D eigenvalue weighted by Crippen LogP contribution is -2.35. The van der Waals surface area contributed by atoms with E-state index in [4.69, 9.17) is 0 Å². The highest BCUT2D eigenvalue weighted by molar-refractivity contribution is 7.89. The minimum atomic E-state index is -3.73. The maximum absolute atomic E-state index is 12.7. The van der Waals surface area contributed by atoms with Crippen LogP contribution in [0, 0.1) is 0 Å². The monoisotopic (exact) mass is 433 g/mol. The third-order valence-corrected chi connectivity index (χ3v) is 6.54. The van der Waals surface area contributed by atoms with Crippen molar-refractivity contribution < 1.29 is 23.1 Å². The van der Waals surface area contributed by atoms with Gasteiger partial charge >= 0.3 is 0 Å². The van der Waals surface area contributed by atoms with Crippen LogP contribution in [-0.2, 0) is 14.8 Å². The van der Waals surface area contributed by atoms with E-state index in [1.54, 1.807) is 51.1 Å². The van der Waals surface area contributed by atoms with Crippen LogP contribution in [0.25, 0.3) is 0 Å². The zero-order chi connectivity index (χ0) is 22.3. The summed E-state index contributed by atoms with van der Waals surface area (Å²) < 4.78 is 26.6. The van der Waals surface area contributed by atoms with Gasteiger partial charge in [-0.3, -0.25) is 9.59 Å². The number of nitrogens with one attached hydrogen (secondary N) is 2. The molecular weight excluding hydrogens is 406 g/mol. The Morgan fingerprint density at radius 2 is 1.70 bits per heavy atom. The minimum Gasteiger partial charge on any atom is -0.506 e. The molecule has 0 spiro atoms. The van der Waals surface area contributed by atoms with Crippen LogP contribution in [0.15, 0.2) is 53.4 Å². The molecule has 2 aromatic rings. The van der Waals surface area contributed by atoms with Crippen LogP contribution in [0.5, 0.6) is 5.75 Å². The Balaban J connectivity index is 2.07. The Morgan fingerprint density at radius 1 is 1.07 bits per heavy atom. The molecule has 1 unspecified atom stereocenters. The second kappa shape index (κ2) is 10.2. The van der Waals surface area contributed by atoms with Gasteiger partial charge in [-0.2, -0.15) is 4.31 Å². The Hall–Kier alpha value is -2.91. The minimum absolute atomic E-state index is 0.00480. The molecule has 3 N–H and O–H groups in total. The zero-order valence-corrected chi connectivity index (χ0v) is 18.1. The molecule has 0 aliphatic carbocycles. The molecule has 2 aromatic carbocycles. The van der Waals surface area contributed by atoms with Gasteiger partial charge in [-0.05, 0) is 37.3 Å². The lowest BCUT2D eigenvalue weighted by atomic mass is 10.1. The van der Waals surface area contributed by atoms with Crippen molar-refractivity contribution in [2.45, 2.75) is 38.1 Å². The van der Waals surface area contributed by atoms with E-state index in [-0.39, 0.29) is 28.7 Å². The number of hydrogen-bond acceptors (Lipinski definition) is 5. The lowest BCUT2D eigenvalue weighted by Gasteiger charge is -2.19. The summed E-state index contributed by atoms with van der Waals surface area (Å²) in [6.07, 6.45) is -0.0506. The highest BCUT2D eigenvalue weighted by Gasteiger charge is 2.23. The Morgan fingerprint density at radius 3 is 2.30 bits per heavy atom. The van der Waals surface area contributed by atoms with Crippen LogP contribution >= 0.6 is 0 Å². The van der Waals surface area contributed by atoms with Crippen LogP contribution in [0.3, 0.4) is 0 Å². The zero-order valence-electron chi connectivity index (χ0n) is 17.3. The maximum Gasteiger partial charge on any atom is 0.251 e. The summed E-state index contributed by atoms with van der Waals surface area (Å²) in [4.78, 5) is 24.5. The quantitative estimate of drug-likeness (QED) is 0.526. The fourth-order valence-corrected chi connectivity index (χ4v) is 4.40. The Labute approximate surface area is 177 Å². The topological polar surface area (TPSA) is 116 Å². The standard InChI is InChI=1S/C21H27N3O5S/c1-4-24(5-2)30(28,29)17-11-12-19(25)18(14-17)23-20(26)13-15(3)22-21(27)16-9-7-6-8-10-16/h6-12,14-15,25H,4-5,13H2,1-3H3,(H,22,27)(H,23,26). The van der Waals surface area contributed by atoms with Crippen molar-refractivity contribution in [1.29, 1.82) is 0 Å². The van der Waals surface area contributed by atoms with Crippen molar-refractivity contribution in [3.05, 3.63) is 54.1 Å². The summed E-state index contributed by atoms with van der Waals surface area (Å²) in [5.41, 5.74) is 0.478. The van der Waals surface area contributed by atoms with Crippen molar-refractivity contribution in [2.24, 2.45) is 0 Å². The van der Waals surface area contributed by atoms with Crippen LogP contribution in [-0.4, -0.2) is 48.8 Å². The Kier molecular flexibility index (Phi) is 7.96. The fourth-order valence-electron chi connectivity index (χ4n) is 2.92. The van der Waals surface area contributed by atoms with Gasteiger partial charge in [0.25, 0.3) is 5.91 Å². The first-order valence-electron chi connectivity index (χ1n) is 9.68. The van der Waals surface area contributed by atoms with Gasteiger partial charge in [0.15, 0.2) is 0 Å². The molecule has 0 heterocycles. The van der Waals surface area contributed by atoms with Crippen molar-refractivity contribution in [3.63, 3.8) is 0 Å². The van der Waals surface area contributed by atoms with Crippen LogP contribution < -0.4 is 10.6 Å². The molecule has 2 rings (SSSR count). The third kappa shape index (κ3) is 5.80. The predicted molar refractivity (Wildman–Crippen MR) is 115 cm³/mol. The average molecular weight is 434 g/mol.